The molecule has 0 spiro atoms. The number of hydrogen-bond acceptors (Lipinski definition) is 2. The summed E-state index contributed by atoms with van der Waals surface area (Å²) in [5.41, 5.74) is 1.16. The van der Waals surface area contributed by atoms with Gasteiger partial charge in [0.15, 0.2) is 0 Å². The molecule has 1 fully saturated rings. The van der Waals surface area contributed by atoms with Crippen LogP contribution >= 0.6 is 28.3 Å². The first-order chi connectivity index (χ1) is 7.66. The number of benzene rings is 1. The van der Waals surface area contributed by atoms with Crippen molar-refractivity contribution in [3.05, 3.63) is 34.3 Å². The minimum atomic E-state index is -0.699. The van der Waals surface area contributed by atoms with Gasteiger partial charge in [-0.25, -0.2) is 0 Å². The summed E-state index contributed by atoms with van der Waals surface area (Å²) in [7, 11) is 0. The average Bonchev–Trinajstić information content (AvgIpc) is 2.69. The van der Waals surface area contributed by atoms with E-state index in [-0.39, 0.29) is 18.4 Å². The standard InChI is InChI=1S/C12H14BrNO2.ClH/c13-10-5-3-9(4-6-10)8-14-7-1-2-11(14)12(15)16;/h3-6,11H,1-2,7-8H2,(H,15,16);1H/t11-;/m1./s1. The quantitative estimate of drug-likeness (QED) is 0.931. The van der Waals surface area contributed by atoms with E-state index < -0.39 is 5.97 Å². The van der Waals surface area contributed by atoms with E-state index in [1.54, 1.807) is 0 Å². The van der Waals surface area contributed by atoms with Crippen LogP contribution < -0.4 is 0 Å². The predicted molar refractivity (Wildman–Crippen MR) is 72.5 cm³/mol. The maximum atomic E-state index is 11.0. The third-order valence-corrected chi connectivity index (χ3v) is 3.48. The van der Waals surface area contributed by atoms with E-state index in [4.69, 9.17) is 5.11 Å². The minimum Gasteiger partial charge on any atom is -0.480 e. The minimum absolute atomic E-state index is 0. The van der Waals surface area contributed by atoms with E-state index >= 15 is 0 Å². The molecule has 0 saturated carbocycles. The number of likely N-dealkylation sites (tertiary alicyclic amines) is 1. The lowest BCUT2D eigenvalue weighted by atomic mass is 10.2. The fourth-order valence-electron chi connectivity index (χ4n) is 2.12. The largest absolute Gasteiger partial charge is 0.480 e. The number of carboxylic acids is 1. The third-order valence-electron chi connectivity index (χ3n) is 2.95. The predicted octanol–water partition coefficient (Wildman–Crippen LogP) is 2.92. The number of aliphatic carboxylic acids is 1. The molecule has 1 atom stereocenters. The Bertz CT molecular complexity index is 383. The summed E-state index contributed by atoms with van der Waals surface area (Å²) < 4.78 is 1.05. The van der Waals surface area contributed by atoms with E-state index in [0.717, 1.165) is 36.0 Å². The molecule has 0 aliphatic carbocycles. The summed E-state index contributed by atoms with van der Waals surface area (Å²) in [6.07, 6.45) is 1.75. The third kappa shape index (κ3) is 3.69. The maximum absolute atomic E-state index is 11.0. The van der Waals surface area contributed by atoms with E-state index in [2.05, 4.69) is 15.9 Å². The van der Waals surface area contributed by atoms with Gasteiger partial charge in [0, 0.05) is 11.0 Å². The van der Waals surface area contributed by atoms with E-state index in [1.165, 1.54) is 0 Å². The van der Waals surface area contributed by atoms with Gasteiger partial charge in [0.2, 0.25) is 0 Å². The molecular weight excluding hydrogens is 305 g/mol. The molecule has 0 aromatic heterocycles. The smallest absolute Gasteiger partial charge is 0.320 e. The van der Waals surface area contributed by atoms with Crippen molar-refractivity contribution in [3.8, 4) is 0 Å². The summed E-state index contributed by atoms with van der Waals surface area (Å²) in [5, 5.41) is 9.06. The van der Waals surface area contributed by atoms with Crippen LogP contribution in [0.4, 0.5) is 0 Å². The van der Waals surface area contributed by atoms with E-state index in [0.29, 0.717) is 0 Å². The van der Waals surface area contributed by atoms with Crippen molar-refractivity contribution >= 4 is 34.3 Å². The van der Waals surface area contributed by atoms with Crippen molar-refractivity contribution < 1.29 is 9.90 Å². The molecule has 1 aliphatic rings. The monoisotopic (exact) mass is 319 g/mol. The summed E-state index contributed by atoms with van der Waals surface area (Å²) in [6, 6.07) is 7.73. The van der Waals surface area contributed by atoms with Gasteiger partial charge >= 0.3 is 5.97 Å². The second-order valence-corrected chi connectivity index (χ2v) is 5.01. The lowest BCUT2D eigenvalue weighted by Gasteiger charge is -2.20. The SMILES string of the molecule is Cl.O=C(O)[C@H]1CCCN1Cc1ccc(Br)cc1. The Hall–Kier alpha value is -0.580. The van der Waals surface area contributed by atoms with Crippen molar-refractivity contribution in [2.45, 2.75) is 25.4 Å². The number of carbonyl (C=O) groups is 1. The van der Waals surface area contributed by atoms with Crippen molar-refractivity contribution in [1.82, 2.24) is 4.90 Å². The molecule has 3 nitrogen and oxygen atoms in total. The van der Waals surface area contributed by atoms with Crippen LogP contribution in [-0.2, 0) is 11.3 Å². The highest BCUT2D eigenvalue weighted by atomic mass is 79.9. The summed E-state index contributed by atoms with van der Waals surface area (Å²) in [4.78, 5) is 13.0. The van der Waals surface area contributed by atoms with Crippen molar-refractivity contribution in [2.75, 3.05) is 6.54 Å². The molecular formula is C12H15BrClNO2. The van der Waals surface area contributed by atoms with Gasteiger partial charge in [-0.1, -0.05) is 28.1 Å². The Balaban J connectivity index is 0.00000144. The van der Waals surface area contributed by atoms with Crippen LogP contribution in [0, 0.1) is 0 Å². The molecule has 1 saturated heterocycles. The number of nitrogens with zero attached hydrogens (tertiary/aromatic N) is 1. The highest BCUT2D eigenvalue weighted by molar-refractivity contribution is 9.10. The topological polar surface area (TPSA) is 40.5 Å². The van der Waals surface area contributed by atoms with Crippen molar-refractivity contribution in [1.29, 1.82) is 0 Å². The summed E-state index contributed by atoms with van der Waals surface area (Å²) >= 11 is 3.39. The van der Waals surface area contributed by atoms with Crippen LogP contribution in [0.25, 0.3) is 0 Å². The zero-order valence-corrected chi connectivity index (χ0v) is 11.7. The van der Waals surface area contributed by atoms with Gasteiger partial charge in [-0.05, 0) is 37.1 Å². The van der Waals surface area contributed by atoms with E-state index in [1.807, 2.05) is 29.2 Å². The van der Waals surface area contributed by atoms with Crippen LogP contribution in [0.5, 0.6) is 0 Å². The molecule has 2 rings (SSSR count). The molecule has 17 heavy (non-hydrogen) atoms. The van der Waals surface area contributed by atoms with Crippen LogP contribution in [0.15, 0.2) is 28.7 Å². The Morgan fingerprint density at radius 2 is 2.06 bits per heavy atom. The first kappa shape index (κ1) is 14.5. The van der Waals surface area contributed by atoms with Gasteiger partial charge in [-0.15, -0.1) is 12.4 Å². The number of halogens is 2. The molecule has 1 N–H and O–H groups in total. The molecule has 0 bridgehead atoms. The van der Waals surface area contributed by atoms with Crippen LogP contribution in [0.2, 0.25) is 0 Å². The zero-order valence-electron chi connectivity index (χ0n) is 9.30. The fourth-order valence-corrected chi connectivity index (χ4v) is 2.38. The molecule has 5 heteroatoms. The highest BCUT2D eigenvalue weighted by Gasteiger charge is 2.29. The highest BCUT2D eigenvalue weighted by Crippen LogP contribution is 2.21. The fraction of sp³-hybridized carbons (Fsp3) is 0.417. The second kappa shape index (κ2) is 6.38. The van der Waals surface area contributed by atoms with Crippen molar-refractivity contribution in [2.24, 2.45) is 0 Å². The van der Waals surface area contributed by atoms with Crippen LogP contribution in [0.3, 0.4) is 0 Å². The average molecular weight is 321 g/mol. The lowest BCUT2D eigenvalue weighted by Crippen LogP contribution is -2.35. The molecule has 0 amide bonds. The van der Waals surface area contributed by atoms with Gasteiger partial charge in [-0.3, -0.25) is 9.69 Å². The van der Waals surface area contributed by atoms with Gasteiger partial charge in [0.1, 0.15) is 6.04 Å². The normalized spacial score (nSPS) is 19.9. The number of carboxylic acid groups (broad SMARTS) is 1. The Morgan fingerprint density at radius 3 is 2.65 bits per heavy atom. The van der Waals surface area contributed by atoms with Gasteiger partial charge in [-0.2, -0.15) is 0 Å². The Kier molecular flexibility index (Phi) is 5.43. The second-order valence-electron chi connectivity index (χ2n) is 4.09. The first-order valence-electron chi connectivity index (χ1n) is 5.38. The first-order valence-corrected chi connectivity index (χ1v) is 6.17. The molecule has 1 aliphatic heterocycles. The Morgan fingerprint density at radius 1 is 1.41 bits per heavy atom. The zero-order chi connectivity index (χ0) is 11.5. The summed E-state index contributed by atoms with van der Waals surface area (Å²) in [5.74, 6) is -0.699. The van der Waals surface area contributed by atoms with Crippen LogP contribution in [0.1, 0.15) is 18.4 Å². The number of hydrogen-bond donors (Lipinski definition) is 1. The molecule has 94 valence electrons. The lowest BCUT2D eigenvalue weighted by molar-refractivity contribution is -0.142. The van der Waals surface area contributed by atoms with Gasteiger partial charge in [0.25, 0.3) is 0 Å². The van der Waals surface area contributed by atoms with Gasteiger partial charge in [0.05, 0.1) is 0 Å². The maximum Gasteiger partial charge on any atom is 0.320 e. The Labute approximate surface area is 115 Å². The molecule has 1 aromatic carbocycles. The number of rotatable bonds is 3. The molecule has 0 unspecified atom stereocenters. The van der Waals surface area contributed by atoms with E-state index in [9.17, 15) is 4.79 Å². The molecule has 1 heterocycles. The molecule has 0 radical (unpaired) electrons. The molecule has 1 aromatic rings. The van der Waals surface area contributed by atoms with Crippen LogP contribution in [-0.4, -0.2) is 28.6 Å². The summed E-state index contributed by atoms with van der Waals surface area (Å²) in [6.45, 7) is 1.61. The van der Waals surface area contributed by atoms with Gasteiger partial charge < -0.3 is 5.11 Å². The van der Waals surface area contributed by atoms with Crippen molar-refractivity contribution in [3.63, 3.8) is 0 Å².